The van der Waals surface area contributed by atoms with E-state index in [1.54, 1.807) is 24.3 Å². The summed E-state index contributed by atoms with van der Waals surface area (Å²) in [6.45, 7) is 3.76. The summed E-state index contributed by atoms with van der Waals surface area (Å²) in [4.78, 5) is 6.98. The fourth-order valence-corrected chi connectivity index (χ4v) is 3.97. The second-order valence-electron chi connectivity index (χ2n) is 8.28. The van der Waals surface area contributed by atoms with Gasteiger partial charge in [0, 0.05) is 30.8 Å². The van der Waals surface area contributed by atoms with Gasteiger partial charge in [0.1, 0.15) is 28.6 Å². The van der Waals surface area contributed by atoms with Gasteiger partial charge in [0.25, 0.3) is 0 Å². The topological polar surface area (TPSA) is 73.8 Å². The zero-order chi connectivity index (χ0) is 22.6. The maximum atomic E-state index is 13.1. The molecule has 0 spiro atoms. The molecule has 0 bridgehead atoms. The van der Waals surface area contributed by atoms with Crippen molar-refractivity contribution in [2.75, 3.05) is 26.2 Å². The molecule has 170 valence electrons. The minimum atomic E-state index is -0.303. The van der Waals surface area contributed by atoms with Crippen molar-refractivity contribution in [3.63, 3.8) is 0 Å². The number of benzene rings is 3. The molecule has 2 heterocycles. The van der Waals surface area contributed by atoms with Crippen molar-refractivity contribution in [3.05, 3.63) is 72.5 Å². The zero-order valence-corrected chi connectivity index (χ0v) is 18.2. The van der Waals surface area contributed by atoms with Gasteiger partial charge in [0.2, 0.25) is 5.89 Å². The van der Waals surface area contributed by atoms with E-state index >= 15 is 0 Å². The fourth-order valence-electron chi connectivity index (χ4n) is 3.97. The molecule has 1 aliphatic rings. The third kappa shape index (κ3) is 5.32. The largest absolute Gasteiger partial charge is 0.494 e. The van der Waals surface area contributed by atoms with Gasteiger partial charge in [0.15, 0.2) is 5.58 Å². The van der Waals surface area contributed by atoms with Crippen LogP contribution in [0.4, 0.5) is 4.39 Å². The predicted molar refractivity (Wildman–Crippen MR) is 125 cm³/mol. The second-order valence-corrected chi connectivity index (χ2v) is 8.28. The molecule has 1 aromatic heterocycles. The summed E-state index contributed by atoms with van der Waals surface area (Å²) in [6, 6.07) is 19.4. The zero-order valence-electron chi connectivity index (χ0n) is 18.2. The normalized spacial score (nSPS) is 16.4. The van der Waals surface area contributed by atoms with Gasteiger partial charge in [-0.15, -0.1) is 0 Å². The molecule has 7 heteroatoms. The van der Waals surface area contributed by atoms with Crippen LogP contribution in [0.5, 0.6) is 17.2 Å². The predicted octanol–water partition coefficient (Wildman–Crippen LogP) is 5.23. The number of nitrogens with two attached hydrogens (primary N) is 1. The molecule has 33 heavy (non-hydrogen) atoms. The lowest BCUT2D eigenvalue weighted by molar-refractivity contribution is 0.262. The van der Waals surface area contributed by atoms with E-state index in [2.05, 4.69) is 9.88 Å². The molecule has 2 N–H and O–H groups in total. The maximum Gasteiger partial charge on any atom is 0.227 e. The molecule has 1 atom stereocenters. The first-order valence-electron chi connectivity index (χ1n) is 11.2. The smallest absolute Gasteiger partial charge is 0.227 e. The summed E-state index contributed by atoms with van der Waals surface area (Å²) >= 11 is 0. The average Bonchev–Trinajstić information content (AvgIpc) is 3.44. The summed E-state index contributed by atoms with van der Waals surface area (Å²) < 4.78 is 30.6. The number of hydrogen-bond donors (Lipinski definition) is 1. The Kier molecular flexibility index (Phi) is 6.24. The second kappa shape index (κ2) is 9.60. The van der Waals surface area contributed by atoms with E-state index < -0.39 is 0 Å². The van der Waals surface area contributed by atoms with Gasteiger partial charge < -0.3 is 24.5 Å². The molecule has 1 saturated heterocycles. The molecule has 0 amide bonds. The summed E-state index contributed by atoms with van der Waals surface area (Å²) in [5.74, 6) is 2.21. The van der Waals surface area contributed by atoms with Crippen LogP contribution in [-0.4, -0.2) is 42.2 Å². The Labute approximate surface area is 191 Å². The van der Waals surface area contributed by atoms with E-state index in [9.17, 15) is 4.39 Å². The molecule has 4 aromatic rings. The third-order valence-corrected chi connectivity index (χ3v) is 5.71. The Balaban J connectivity index is 1.19. The number of rotatable bonds is 8. The monoisotopic (exact) mass is 447 g/mol. The number of ether oxygens (including phenoxy) is 2. The SMILES string of the molecule is N[C@H]1CCN(CCCOc2ccc(-c3nc4cc(Oc5ccc(F)cc5)ccc4o3)cc2)C1. The fraction of sp³-hybridized carbons (Fsp3) is 0.269. The van der Waals surface area contributed by atoms with E-state index in [-0.39, 0.29) is 5.82 Å². The van der Waals surface area contributed by atoms with Crippen molar-refractivity contribution in [3.8, 4) is 28.7 Å². The molecule has 6 nitrogen and oxygen atoms in total. The summed E-state index contributed by atoms with van der Waals surface area (Å²) in [5.41, 5.74) is 8.17. The number of likely N-dealkylation sites (tertiary alicyclic amines) is 1. The Morgan fingerprint density at radius 2 is 1.76 bits per heavy atom. The van der Waals surface area contributed by atoms with Gasteiger partial charge >= 0.3 is 0 Å². The van der Waals surface area contributed by atoms with Crippen molar-refractivity contribution < 1.29 is 18.3 Å². The maximum absolute atomic E-state index is 13.1. The molecule has 0 unspecified atom stereocenters. The number of aromatic nitrogens is 1. The van der Waals surface area contributed by atoms with Crippen LogP contribution in [0.25, 0.3) is 22.6 Å². The average molecular weight is 448 g/mol. The van der Waals surface area contributed by atoms with Crippen LogP contribution in [0.3, 0.4) is 0 Å². The summed E-state index contributed by atoms with van der Waals surface area (Å²) in [6.07, 6.45) is 2.06. The first-order valence-corrected chi connectivity index (χ1v) is 11.2. The Bertz CT molecular complexity index is 1210. The van der Waals surface area contributed by atoms with Crippen molar-refractivity contribution in [2.24, 2.45) is 5.73 Å². The summed E-state index contributed by atoms with van der Waals surface area (Å²) in [5, 5.41) is 0. The number of nitrogens with zero attached hydrogens (tertiary/aromatic N) is 2. The number of halogens is 1. The van der Waals surface area contributed by atoms with Crippen LogP contribution in [-0.2, 0) is 0 Å². The number of oxazole rings is 1. The highest BCUT2D eigenvalue weighted by Gasteiger charge is 2.18. The van der Waals surface area contributed by atoms with Crippen LogP contribution < -0.4 is 15.2 Å². The Morgan fingerprint density at radius 3 is 2.52 bits per heavy atom. The van der Waals surface area contributed by atoms with Crippen LogP contribution in [0, 0.1) is 5.82 Å². The lowest BCUT2D eigenvalue weighted by atomic mass is 10.2. The molecular formula is C26H26FN3O3. The Morgan fingerprint density at radius 1 is 1.00 bits per heavy atom. The van der Waals surface area contributed by atoms with Gasteiger partial charge in [-0.3, -0.25) is 0 Å². The van der Waals surface area contributed by atoms with Crippen molar-refractivity contribution in [2.45, 2.75) is 18.9 Å². The molecule has 0 saturated carbocycles. The molecule has 1 aliphatic heterocycles. The van der Waals surface area contributed by atoms with Crippen LogP contribution in [0.1, 0.15) is 12.8 Å². The third-order valence-electron chi connectivity index (χ3n) is 5.71. The molecule has 1 fully saturated rings. The quantitative estimate of drug-likeness (QED) is 0.373. The van der Waals surface area contributed by atoms with E-state index in [4.69, 9.17) is 19.6 Å². The number of fused-ring (bicyclic) bond motifs is 1. The van der Waals surface area contributed by atoms with Crippen LogP contribution in [0.15, 0.2) is 71.1 Å². The first kappa shape index (κ1) is 21.4. The van der Waals surface area contributed by atoms with E-state index in [0.717, 1.165) is 43.8 Å². The molecular weight excluding hydrogens is 421 g/mol. The number of hydrogen-bond acceptors (Lipinski definition) is 6. The lowest BCUT2D eigenvalue weighted by Gasteiger charge is -2.15. The van der Waals surface area contributed by atoms with Crippen molar-refractivity contribution in [1.82, 2.24) is 9.88 Å². The Hall–Kier alpha value is -3.42. The standard InChI is InChI=1S/C26H26FN3O3/c27-19-4-8-22(9-5-19)32-23-10-11-25-24(16-23)29-26(33-25)18-2-6-21(7-3-18)31-15-1-13-30-14-12-20(28)17-30/h2-11,16,20H,1,12-15,17,28H2/t20-/m0/s1. The van der Waals surface area contributed by atoms with Gasteiger partial charge in [-0.2, -0.15) is 0 Å². The lowest BCUT2D eigenvalue weighted by Crippen LogP contribution is -2.28. The van der Waals surface area contributed by atoms with Crippen LogP contribution >= 0.6 is 0 Å². The highest BCUT2D eigenvalue weighted by Crippen LogP contribution is 2.30. The van der Waals surface area contributed by atoms with Gasteiger partial charge in [0.05, 0.1) is 6.61 Å². The molecule has 0 radical (unpaired) electrons. The van der Waals surface area contributed by atoms with Crippen molar-refractivity contribution >= 4 is 11.1 Å². The minimum Gasteiger partial charge on any atom is -0.494 e. The highest BCUT2D eigenvalue weighted by atomic mass is 19.1. The molecule has 5 rings (SSSR count). The van der Waals surface area contributed by atoms with E-state index in [1.165, 1.54) is 12.1 Å². The van der Waals surface area contributed by atoms with Crippen molar-refractivity contribution in [1.29, 1.82) is 0 Å². The molecule has 0 aliphatic carbocycles. The molecule has 3 aromatic carbocycles. The van der Waals surface area contributed by atoms with Gasteiger partial charge in [-0.05, 0) is 80.1 Å². The van der Waals surface area contributed by atoms with Gasteiger partial charge in [-0.25, -0.2) is 9.37 Å². The first-order chi connectivity index (χ1) is 16.1. The van der Waals surface area contributed by atoms with E-state index in [0.29, 0.717) is 41.1 Å². The highest BCUT2D eigenvalue weighted by molar-refractivity contribution is 5.78. The van der Waals surface area contributed by atoms with Gasteiger partial charge in [-0.1, -0.05) is 0 Å². The summed E-state index contributed by atoms with van der Waals surface area (Å²) in [7, 11) is 0. The minimum absolute atomic E-state index is 0.303. The van der Waals surface area contributed by atoms with E-state index in [1.807, 2.05) is 30.3 Å². The van der Waals surface area contributed by atoms with Crippen LogP contribution in [0.2, 0.25) is 0 Å².